The number of hydrogen-bond donors (Lipinski definition) is 2. The molecule has 2 N–H and O–H groups in total. The highest BCUT2D eigenvalue weighted by Gasteiger charge is 2.41. The molecule has 3 aliphatic heterocycles. The first-order valence-corrected chi connectivity index (χ1v) is 9.59. The number of para-hydroxylation sites is 1. The first-order chi connectivity index (χ1) is 12.2. The molecule has 1 aliphatic carbocycles. The fourth-order valence-electron chi connectivity index (χ4n) is 4.64. The van der Waals surface area contributed by atoms with Crippen molar-refractivity contribution in [1.29, 1.82) is 0 Å². The highest BCUT2D eigenvalue weighted by molar-refractivity contribution is 5.92. The molecule has 25 heavy (non-hydrogen) atoms. The summed E-state index contributed by atoms with van der Waals surface area (Å²) in [6, 6.07) is 9.96. The lowest BCUT2D eigenvalue weighted by molar-refractivity contribution is -0.142. The van der Waals surface area contributed by atoms with Crippen LogP contribution in [-0.4, -0.2) is 42.4 Å². The van der Waals surface area contributed by atoms with Crippen molar-refractivity contribution in [2.75, 3.05) is 25.0 Å². The number of amides is 2. The molecule has 5 nitrogen and oxygen atoms in total. The van der Waals surface area contributed by atoms with Crippen molar-refractivity contribution in [3.8, 4) is 0 Å². The summed E-state index contributed by atoms with van der Waals surface area (Å²) in [4.78, 5) is 27.3. The molecule has 4 aliphatic rings. The summed E-state index contributed by atoms with van der Waals surface area (Å²) < 4.78 is 0. The molecular formula is C20H27N3O2. The van der Waals surface area contributed by atoms with Gasteiger partial charge in [-0.3, -0.25) is 9.59 Å². The van der Waals surface area contributed by atoms with Crippen molar-refractivity contribution in [3.63, 3.8) is 0 Å². The van der Waals surface area contributed by atoms with Gasteiger partial charge >= 0.3 is 0 Å². The second-order valence-corrected chi connectivity index (χ2v) is 7.76. The van der Waals surface area contributed by atoms with Crippen LogP contribution in [0.2, 0.25) is 0 Å². The normalized spacial score (nSPS) is 29.4. The molecule has 0 radical (unpaired) electrons. The van der Waals surface area contributed by atoms with Crippen LogP contribution < -0.4 is 10.6 Å². The summed E-state index contributed by atoms with van der Waals surface area (Å²) in [5.41, 5.74) is 0.843. The zero-order chi connectivity index (χ0) is 17.2. The molecule has 3 atom stereocenters. The average Bonchev–Trinajstić information content (AvgIpc) is 2.69. The van der Waals surface area contributed by atoms with Gasteiger partial charge in [0, 0.05) is 30.7 Å². The van der Waals surface area contributed by atoms with Crippen LogP contribution in [0, 0.1) is 17.8 Å². The van der Waals surface area contributed by atoms with Gasteiger partial charge in [-0.25, -0.2) is 0 Å². The lowest BCUT2D eigenvalue weighted by Crippen LogP contribution is -2.56. The summed E-state index contributed by atoms with van der Waals surface area (Å²) in [5, 5.41) is 6.52. The van der Waals surface area contributed by atoms with E-state index in [1.807, 2.05) is 35.2 Å². The monoisotopic (exact) mass is 341 g/mol. The number of benzene rings is 1. The van der Waals surface area contributed by atoms with Crippen molar-refractivity contribution in [2.45, 2.75) is 38.1 Å². The van der Waals surface area contributed by atoms with E-state index in [2.05, 4.69) is 10.6 Å². The van der Waals surface area contributed by atoms with Crippen LogP contribution in [0.4, 0.5) is 5.69 Å². The van der Waals surface area contributed by atoms with E-state index in [0.717, 1.165) is 37.9 Å². The van der Waals surface area contributed by atoms with Gasteiger partial charge in [0.2, 0.25) is 11.8 Å². The number of hydrogen-bond acceptors (Lipinski definition) is 3. The molecule has 1 saturated carbocycles. The Labute approximate surface area is 149 Å². The molecule has 1 aromatic carbocycles. The van der Waals surface area contributed by atoms with E-state index in [1.165, 1.54) is 6.42 Å². The number of piperidine rings is 3. The summed E-state index contributed by atoms with van der Waals surface area (Å²) >= 11 is 0. The summed E-state index contributed by atoms with van der Waals surface area (Å²) in [7, 11) is 0. The van der Waals surface area contributed by atoms with Crippen LogP contribution >= 0.6 is 0 Å². The van der Waals surface area contributed by atoms with Crippen LogP contribution in [0.3, 0.4) is 0 Å². The van der Waals surface area contributed by atoms with Gasteiger partial charge in [0.25, 0.3) is 0 Å². The Balaban J connectivity index is 1.29. The maximum Gasteiger partial charge on any atom is 0.227 e. The van der Waals surface area contributed by atoms with E-state index in [4.69, 9.17) is 0 Å². The second-order valence-electron chi connectivity index (χ2n) is 7.76. The van der Waals surface area contributed by atoms with E-state index in [0.29, 0.717) is 31.0 Å². The van der Waals surface area contributed by atoms with Crippen LogP contribution in [0.15, 0.2) is 30.3 Å². The largest absolute Gasteiger partial charge is 0.342 e. The molecule has 5 heteroatoms. The Kier molecular flexibility index (Phi) is 4.75. The molecule has 4 fully saturated rings. The number of nitrogens with zero attached hydrogens (tertiary/aromatic N) is 1. The van der Waals surface area contributed by atoms with Crippen molar-refractivity contribution >= 4 is 17.5 Å². The van der Waals surface area contributed by atoms with Crippen LogP contribution in [0.1, 0.15) is 32.1 Å². The minimum absolute atomic E-state index is 0.00480. The van der Waals surface area contributed by atoms with E-state index in [9.17, 15) is 9.59 Å². The van der Waals surface area contributed by atoms with Crippen LogP contribution in [0.25, 0.3) is 0 Å². The molecule has 3 saturated heterocycles. The Bertz CT molecular complexity index is 617. The quantitative estimate of drug-likeness (QED) is 0.886. The van der Waals surface area contributed by atoms with E-state index >= 15 is 0 Å². The lowest BCUT2D eigenvalue weighted by Gasteiger charge is -2.44. The van der Waals surface area contributed by atoms with Gasteiger partial charge in [0.15, 0.2) is 0 Å². The van der Waals surface area contributed by atoms with Gasteiger partial charge < -0.3 is 15.5 Å². The number of nitrogens with one attached hydrogen (secondary N) is 2. The maximum absolute atomic E-state index is 12.9. The third kappa shape index (κ3) is 3.56. The van der Waals surface area contributed by atoms with Gasteiger partial charge in [-0.05, 0) is 56.7 Å². The fraction of sp³-hybridized carbons (Fsp3) is 0.600. The third-order valence-electron chi connectivity index (χ3n) is 6.16. The maximum atomic E-state index is 12.9. The smallest absolute Gasteiger partial charge is 0.227 e. The zero-order valence-electron chi connectivity index (χ0n) is 14.6. The molecule has 5 rings (SSSR count). The fourth-order valence-corrected chi connectivity index (χ4v) is 4.64. The van der Waals surface area contributed by atoms with Crippen molar-refractivity contribution in [1.82, 2.24) is 10.2 Å². The molecule has 0 aromatic heterocycles. The zero-order valence-corrected chi connectivity index (χ0v) is 14.6. The van der Waals surface area contributed by atoms with Gasteiger partial charge in [-0.2, -0.15) is 0 Å². The van der Waals surface area contributed by atoms with Crippen LogP contribution in [0.5, 0.6) is 0 Å². The van der Waals surface area contributed by atoms with E-state index in [-0.39, 0.29) is 17.7 Å². The third-order valence-corrected chi connectivity index (χ3v) is 6.16. The van der Waals surface area contributed by atoms with Crippen molar-refractivity contribution in [3.05, 3.63) is 30.3 Å². The number of rotatable bonds is 3. The Hall–Kier alpha value is -1.88. The summed E-state index contributed by atoms with van der Waals surface area (Å²) in [5.74, 6) is 1.22. The minimum Gasteiger partial charge on any atom is -0.342 e. The van der Waals surface area contributed by atoms with Gasteiger partial charge in [-0.15, -0.1) is 0 Å². The van der Waals surface area contributed by atoms with E-state index < -0.39 is 0 Å². The predicted molar refractivity (Wildman–Crippen MR) is 97.0 cm³/mol. The molecule has 134 valence electrons. The second kappa shape index (κ2) is 7.16. The van der Waals surface area contributed by atoms with E-state index in [1.54, 1.807) is 0 Å². The standard InChI is InChI=1S/C20H27N3O2/c24-19(22-16-4-2-1-3-5-16)15-8-10-23(11-9-15)20(25)17-12-14-6-7-18(17)21-13-14/h1-5,14-15,17-18,21H,6-13H2,(H,22,24). The first kappa shape index (κ1) is 16.6. The molecular weight excluding hydrogens is 314 g/mol. The van der Waals surface area contributed by atoms with Crippen molar-refractivity contribution in [2.24, 2.45) is 17.8 Å². The number of carbonyl (C=O) groups is 2. The molecule has 0 spiro atoms. The highest BCUT2D eigenvalue weighted by Crippen LogP contribution is 2.35. The number of fused-ring (bicyclic) bond motifs is 3. The van der Waals surface area contributed by atoms with Gasteiger partial charge in [0.05, 0.1) is 5.92 Å². The molecule has 2 bridgehead atoms. The molecule has 3 unspecified atom stereocenters. The van der Waals surface area contributed by atoms with Gasteiger partial charge in [-0.1, -0.05) is 18.2 Å². The topological polar surface area (TPSA) is 61.4 Å². The Morgan fingerprint density at radius 1 is 1.04 bits per heavy atom. The first-order valence-electron chi connectivity index (χ1n) is 9.59. The summed E-state index contributed by atoms with van der Waals surface area (Å²) in [6.45, 7) is 2.50. The predicted octanol–water partition coefficient (Wildman–Crippen LogP) is 2.25. The molecule has 3 heterocycles. The highest BCUT2D eigenvalue weighted by atomic mass is 16.2. The lowest BCUT2D eigenvalue weighted by atomic mass is 9.73. The number of carbonyl (C=O) groups excluding carboxylic acids is 2. The average molecular weight is 341 g/mol. The molecule has 1 aromatic rings. The van der Waals surface area contributed by atoms with Crippen molar-refractivity contribution < 1.29 is 9.59 Å². The number of likely N-dealkylation sites (tertiary alicyclic amines) is 1. The Morgan fingerprint density at radius 3 is 2.40 bits per heavy atom. The molecule has 2 amide bonds. The SMILES string of the molecule is O=C(Nc1ccccc1)C1CCN(C(=O)C2CC3CCC2NC3)CC1. The number of anilines is 1. The minimum atomic E-state index is 0.00480. The summed E-state index contributed by atoms with van der Waals surface area (Å²) in [6.07, 6.45) is 4.97. The Morgan fingerprint density at radius 2 is 1.80 bits per heavy atom. The van der Waals surface area contributed by atoms with Crippen LogP contribution in [-0.2, 0) is 9.59 Å². The van der Waals surface area contributed by atoms with Gasteiger partial charge in [0.1, 0.15) is 0 Å².